The molecular formula is C32H29NO7S. The molecule has 0 spiro atoms. The van der Waals surface area contributed by atoms with Gasteiger partial charge in [-0.1, -0.05) is 24.8 Å². The van der Waals surface area contributed by atoms with Gasteiger partial charge >= 0.3 is 5.97 Å². The summed E-state index contributed by atoms with van der Waals surface area (Å²) in [6, 6.07) is 20.4. The Bertz CT molecular complexity index is 1440. The number of carbonyl (C=O) groups excluding carboxylic acids is 4. The highest BCUT2D eigenvalue weighted by Gasteiger charge is 2.22. The van der Waals surface area contributed by atoms with E-state index in [1.165, 1.54) is 17.1 Å². The molecule has 3 aromatic carbocycles. The summed E-state index contributed by atoms with van der Waals surface area (Å²) in [4.78, 5) is 49.4. The molecule has 0 N–H and O–H groups in total. The first-order chi connectivity index (χ1) is 19.8. The molecule has 1 aliphatic heterocycles. The molecule has 0 bridgehead atoms. The lowest BCUT2D eigenvalue weighted by Gasteiger charge is -2.14. The first-order valence-corrected chi connectivity index (χ1v) is 13.8. The van der Waals surface area contributed by atoms with Gasteiger partial charge in [-0.2, -0.15) is 0 Å². The average Bonchev–Trinajstić information content (AvgIpc) is 3.28. The summed E-state index contributed by atoms with van der Waals surface area (Å²) in [5, 5.41) is -0.0884. The third kappa shape index (κ3) is 8.18. The van der Waals surface area contributed by atoms with Crippen molar-refractivity contribution in [1.29, 1.82) is 0 Å². The third-order valence-electron chi connectivity index (χ3n) is 6.15. The van der Waals surface area contributed by atoms with E-state index in [9.17, 15) is 19.2 Å². The zero-order valence-corrected chi connectivity index (χ0v) is 23.4. The molecule has 8 nitrogen and oxygen atoms in total. The van der Waals surface area contributed by atoms with E-state index in [0.717, 1.165) is 39.6 Å². The Kier molecular flexibility index (Phi) is 10.1. The highest BCUT2D eigenvalue weighted by Crippen LogP contribution is 2.31. The van der Waals surface area contributed by atoms with Crippen molar-refractivity contribution in [3.05, 3.63) is 103 Å². The van der Waals surface area contributed by atoms with Crippen molar-refractivity contribution in [2.75, 3.05) is 19.8 Å². The molecule has 3 aromatic rings. The van der Waals surface area contributed by atoms with Gasteiger partial charge in [0.2, 0.25) is 5.12 Å². The van der Waals surface area contributed by atoms with E-state index < -0.39 is 5.97 Å². The Hall–Kier alpha value is -4.63. The molecule has 0 aliphatic carbocycles. The van der Waals surface area contributed by atoms with Gasteiger partial charge in [-0.3, -0.25) is 24.1 Å². The number of benzene rings is 3. The molecule has 210 valence electrons. The summed E-state index contributed by atoms with van der Waals surface area (Å²) < 4.78 is 15.9. The summed E-state index contributed by atoms with van der Waals surface area (Å²) >= 11 is 1.15. The lowest BCUT2D eigenvalue weighted by molar-refractivity contribution is -0.139. The number of nitrogens with zero attached hydrogens (tertiary/aromatic N) is 1. The minimum Gasteiger partial charge on any atom is -0.494 e. The van der Waals surface area contributed by atoms with Crippen molar-refractivity contribution in [3.8, 4) is 22.6 Å². The second kappa shape index (κ2) is 14.1. The molecule has 4 rings (SSSR count). The maximum absolute atomic E-state index is 12.8. The van der Waals surface area contributed by atoms with Crippen molar-refractivity contribution in [2.24, 2.45) is 0 Å². The van der Waals surface area contributed by atoms with Gasteiger partial charge < -0.3 is 14.2 Å². The van der Waals surface area contributed by atoms with Gasteiger partial charge in [0.1, 0.15) is 11.5 Å². The Labute approximate surface area is 242 Å². The van der Waals surface area contributed by atoms with Crippen LogP contribution in [-0.2, 0) is 19.1 Å². The monoisotopic (exact) mass is 571 g/mol. The number of ether oxygens (including phenoxy) is 3. The molecule has 0 unspecified atom stereocenters. The van der Waals surface area contributed by atoms with Crippen molar-refractivity contribution in [2.45, 2.75) is 24.7 Å². The highest BCUT2D eigenvalue weighted by atomic mass is 32.2. The van der Waals surface area contributed by atoms with Crippen LogP contribution >= 0.6 is 11.8 Å². The zero-order valence-electron chi connectivity index (χ0n) is 22.5. The normalized spacial score (nSPS) is 12.4. The molecule has 1 heterocycles. The van der Waals surface area contributed by atoms with Gasteiger partial charge in [0.25, 0.3) is 11.8 Å². The summed E-state index contributed by atoms with van der Waals surface area (Å²) in [6.07, 6.45) is 4.28. The predicted molar refractivity (Wildman–Crippen MR) is 156 cm³/mol. The molecular weight excluding hydrogens is 542 g/mol. The lowest BCUT2D eigenvalue weighted by atomic mass is 10.0. The number of esters is 1. The quantitative estimate of drug-likeness (QED) is 0.0842. The summed E-state index contributed by atoms with van der Waals surface area (Å²) in [6.45, 7) is 6.21. The van der Waals surface area contributed by atoms with Gasteiger partial charge in [-0.25, -0.2) is 0 Å². The molecule has 0 aromatic heterocycles. The van der Waals surface area contributed by atoms with Crippen molar-refractivity contribution >= 4 is 34.7 Å². The number of amides is 2. The van der Waals surface area contributed by atoms with Crippen molar-refractivity contribution in [1.82, 2.24) is 4.90 Å². The first kappa shape index (κ1) is 29.4. The lowest BCUT2D eigenvalue weighted by Crippen LogP contribution is -2.31. The highest BCUT2D eigenvalue weighted by molar-refractivity contribution is 8.14. The fourth-order valence-corrected chi connectivity index (χ4v) is 4.92. The fourth-order valence-electron chi connectivity index (χ4n) is 4.08. The molecule has 0 atom stereocenters. The molecule has 0 radical (unpaired) electrons. The van der Waals surface area contributed by atoms with E-state index in [1.807, 2.05) is 49.4 Å². The standard InChI is InChI=1S/C32H29NO7S/c1-3-38-31(36)17-20-40-26-11-7-24(8-12-26)32(37)41-27-13-14-28(22(2)21-27)23-5-9-25(10-6-23)39-19-4-18-33-29(34)15-16-30(33)35/h3,5-16,21H,1,4,17-20H2,2H3. The minimum atomic E-state index is -0.423. The third-order valence-corrected chi connectivity index (χ3v) is 7.06. The topological polar surface area (TPSA) is 99.2 Å². The van der Waals surface area contributed by atoms with Gasteiger partial charge in [0.15, 0.2) is 0 Å². The van der Waals surface area contributed by atoms with Crippen LogP contribution in [-0.4, -0.2) is 47.6 Å². The number of imide groups is 1. The van der Waals surface area contributed by atoms with Gasteiger partial charge in [-0.15, -0.1) is 0 Å². The molecule has 2 amide bonds. The van der Waals surface area contributed by atoms with Crippen LogP contribution < -0.4 is 9.47 Å². The predicted octanol–water partition coefficient (Wildman–Crippen LogP) is 5.74. The second-order valence-corrected chi connectivity index (χ2v) is 10.1. The first-order valence-electron chi connectivity index (χ1n) is 13.0. The Morgan fingerprint density at radius 2 is 1.51 bits per heavy atom. The van der Waals surface area contributed by atoms with Gasteiger partial charge in [0.05, 0.1) is 25.9 Å². The van der Waals surface area contributed by atoms with Gasteiger partial charge in [-0.05, 0) is 90.3 Å². The van der Waals surface area contributed by atoms with E-state index in [-0.39, 0.29) is 30.0 Å². The molecule has 0 fully saturated rings. The van der Waals surface area contributed by atoms with E-state index in [4.69, 9.17) is 9.47 Å². The Morgan fingerprint density at radius 3 is 2.15 bits per heavy atom. The number of hydrogen-bond donors (Lipinski definition) is 0. The van der Waals surface area contributed by atoms with E-state index >= 15 is 0 Å². The second-order valence-electron chi connectivity index (χ2n) is 9.03. The number of rotatable bonds is 13. The van der Waals surface area contributed by atoms with E-state index in [1.54, 1.807) is 24.3 Å². The minimum absolute atomic E-state index is 0.0884. The van der Waals surface area contributed by atoms with Crippen LogP contribution in [0.15, 0.2) is 96.6 Å². The van der Waals surface area contributed by atoms with E-state index in [0.29, 0.717) is 36.6 Å². The Morgan fingerprint density at radius 1 is 0.878 bits per heavy atom. The van der Waals surface area contributed by atoms with Crippen LogP contribution in [0.4, 0.5) is 0 Å². The summed E-state index contributed by atoms with van der Waals surface area (Å²) in [7, 11) is 0. The molecule has 1 aliphatic rings. The van der Waals surface area contributed by atoms with E-state index in [2.05, 4.69) is 11.3 Å². The maximum atomic E-state index is 12.8. The van der Waals surface area contributed by atoms with Crippen molar-refractivity contribution in [3.63, 3.8) is 0 Å². The fraction of sp³-hybridized carbons (Fsp3) is 0.188. The number of thioether (sulfide) groups is 1. The van der Waals surface area contributed by atoms with Crippen molar-refractivity contribution < 1.29 is 33.4 Å². The number of carbonyl (C=O) groups is 4. The SMILES string of the molecule is C=COC(=O)CCOc1ccc(C(=O)Sc2ccc(-c3ccc(OCCCN4C(=O)C=CC4=O)cc3)c(C)c2)cc1. The number of hydrogen-bond acceptors (Lipinski definition) is 8. The Balaban J connectivity index is 1.26. The average molecular weight is 572 g/mol. The molecule has 9 heteroatoms. The van der Waals surface area contributed by atoms with Crippen LogP contribution in [0.2, 0.25) is 0 Å². The van der Waals surface area contributed by atoms with Crippen LogP contribution in [0.1, 0.15) is 28.8 Å². The van der Waals surface area contributed by atoms with Crippen LogP contribution in [0.5, 0.6) is 11.5 Å². The van der Waals surface area contributed by atoms with Crippen LogP contribution in [0.25, 0.3) is 11.1 Å². The summed E-state index contributed by atoms with van der Waals surface area (Å²) in [5.74, 6) is 0.264. The largest absolute Gasteiger partial charge is 0.494 e. The smallest absolute Gasteiger partial charge is 0.314 e. The molecule has 41 heavy (non-hydrogen) atoms. The number of aryl methyl sites for hydroxylation is 1. The van der Waals surface area contributed by atoms with Gasteiger partial charge in [0, 0.05) is 29.2 Å². The molecule has 0 saturated carbocycles. The van der Waals surface area contributed by atoms with Crippen LogP contribution in [0.3, 0.4) is 0 Å². The maximum Gasteiger partial charge on any atom is 0.314 e. The zero-order chi connectivity index (χ0) is 29.2. The summed E-state index contributed by atoms with van der Waals surface area (Å²) in [5.41, 5.74) is 3.64. The van der Waals surface area contributed by atoms with Crippen LogP contribution in [0, 0.1) is 6.92 Å². The molecule has 0 saturated heterocycles.